The number of methoxy groups -OCH3 is 1. The van der Waals surface area contributed by atoms with Crippen LogP contribution in [0.2, 0.25) is 0 Å². The summed E-state index contributed by atoms with van der Waals surface area (Å²) in [6.45, 7) is 12.1. The molecule has 0 saturated carbocycles. The predicted molar refractivity (Wildman–Crippen MR) is 132 cm³/mol. The smallest absolute Gasteiger partial charge is 0.261 e. The number of nitrogens with one attached hydrogen (secondary N) is 1. The van der Waals surface area contributed by atoms with Gasteiger partial charge >= 0.3 is 0 Å². The first-order valence-electron chi connectivity index (χ1n) is 11.6. The topological polar surface area (TPSA) is 67.9 Å². The van der Waals surface area contributed by atoms with Crippen molar-refractivity contribution >= 4 is 11.8 Å². The number of hydrogen-bond donors (Lipinski definition) is 1. The summed E-state index contributed by atoms with van der Waals surface area (Å²) >= 11 is 0. The van der Waals surface area contributed by atoms with Gasteiger partial charge in [0.25, 0.3) is 5.91 Å². The minimum Gasteiger partial charge on any atom is -0.497 e. The van der Waals surface area contributed by atoms with Gasteiger partial charge in [-0.3, -0.25) is 9.59 Å². The molecule has 0 fully saturated rings. The van der Waals surface area contributed by atoms with Crippen LogP contribution in [0, 0.1) is 20.8 Å². The Morgan fingerprint density at radius 2 is 1.70 bits per heavy atom. The van der Waals surface area contributed by atoms with E-state index in [-0.39, 0.29) is 24.5 Å². The SMILES string of the molecule is CC[C@H](C(=O)N[C@@H](C)CC)N(Cc1ccc(OC)cc1)C(=O)COc1cc(C)cc(C)c1C. The Balaban J connectivity index is 2.27. The van der Waals surface area contributed by atoms with Gasteiger partial charge in [0.2, 0.25) is 5.91 Å². The maximum Gasteiger partial charge on any atom is 0.261 e. The van der Waals surface area contributed by atoms with Gasteiger partial charge in [0.15, 0.2) is 6.61 Å². The minimum atomic E-state index is -0.586. The number of hydrogen-bond acceptors (Lipinski definition) is 4. The number of carbonyl (C=O) groups is 2. The van der Waals surface area contributed by atoms with Crippen LogP contribution >= 0.6 is 0 Å². The Kier molecular flexibility index (Phi) is 9.76. The van der Waals surface area contributed by atoms with Crippen molar-refractivity contribution < 1.29 is 19.1 Å². The van der Waals surface area contributed by atoms with Gasteiger partial charge in [0.1, 0.15) is 17.5 Å². The van der Waals surface area contributed by atoms with Crippen LogP contribution in [-0.2, 0) is 16.1 Å². The van der Waals surface area contributed by atoms with Gasteiger partial charge in [-0.05, 0) is 81.0 Å². The van der Waals surface area contributed by atoms with Crippen LogP contribution < -0.4 is 14.8 Å². The van der Waals surface area contributed by atoms with Gasteiger partial charge in [0, 0.05) is 12.6 Å². The molecule has 0 aliphatic heterocycles. The molecule has 2 aromatic rings. The zero-order valence-electron chi connectivity index (χ0n) is 21.0. The molecule has 0 aliphatic carbocycles. The largest absolute Gasteiger partial charge is 0.497 e. The van der Waals surface area contributed by atoms with Crippen molar-refractivity contribution in [1.29, 1.82) is 0 Å². The third-order valence-electron chi connectivity index (χ3n) is 6.01. The van der Waals surface area contributed by atoms with Crippen molar-refractivity contribution in [3.05, 3.63) is 58.7 Å². The Morgan fingerprint density at radius 3 is 2.27 bits per heavy atom. The van der Waals surface area contributed by atoms with Gasteiger partial charge in [-0.25, -0.2) is 0 Å². The van der Waals surface area contributed by atoms with Gasteiger partial charge in [-0.15, -0.1) is 0 Å². The molecule has 0 heterocycles. The molecule has 180 valence electrons. The fourth-order valence-corrected chi connectivity index (χ4v) is 3.66. The third-order valence-corrected chi connectivity index (χ3v) is 6.01. The van der Waals surface area contributed by atoms with Gasteiger partial charge < -0.3 is 19.7 Å². The Bertz CT molecular complexity index is 940. The lowest BCUT2D eigenvalue weighted by atomic mass is 10.1. The second-order valence-electron chi connectivity index (χ2n) is 8.61. The van der Waals surface area contributed by atoms with E-state index in [0.29, 0.717) is 18.7 Å². The maximum atomic E-state index is 13.4. The molecule has 2 amide bonds. The number of amides is 2. The number of benzene rings is 2. The highest BCUT2D eigenvalue weighted by molar-refractivity contribution is 5.88. The van der Waals surface area contributed by atoms with Crippen molar-refractivity contribution in [3.63, 3.8) is 0 Å². The number of rotatable bonds is 11. The monoisotopic (exact) mass is 454 g/mol. The Hall–Kier alpha value is -3.02. The van der Waals surface area contributed by atoms with Gasteiger partial charge in [-0.1, -0.05) is 32.0 Å². The van der Waals surface area contributed by atoms with Gasteiger partial charge in [0.05, 0.1) is 7.11 Å². The molecular weight excluding hydrogens is 416 g/mol. The van der Waals surface area contributed by atoms with Crippen molar-refractivity contribution in [2.24, 2.45) is 0 Å². The summed E-state index contributed by atoms with van der Waals surface area (Å²) in [5.41, 5.74) is 4.13. The van der Waals surface area contributed by atoms with Crippen molar-refractivity contribution in [1.82, 2.24) is 10.2 Å². The van der Waals surface area contributed by atoms with E-state index < -0.39 is 6.04 Å². The first-order chi connectivity index (χ1) is 15.7. The van der Waals surface area contributed by atoms with Crippen LogP contribution in [0.5, 0.6) is 11.5 Å². The molecule has 1 N–H and O–H groups in total. The van der Waals surface area contributed by atoms with E-state index in [4.69, 9.17) is 9.47 Å². The van der Waals surface area contributed by atoms with Crippen molar-refractivity contribution in [3.8, 4) is 11.5 Å². The summed E-state index contributed by atoms with van der Waals surface area (Å²) in [6, 6.07) is 11.0. The molecule has 6 heteroatoms. The molecule has 2 rings (SSSR count). The van der Waals surface area contributed by atoms with E-state index in [0.717, 1.165) is 34.4 Å². The maximum absolute atomic E-state index is 13.4. The molecule has 33 heavy (non-hydrogen) atoms. The van der Waals surface area contributed by atoms with E-state index in [1.54, 1.807) is 12.0 Å². The second-order valence-corrected chi connectivity index (χ2v) is 8.61. The number of carbonyl (C=O) groups excluding carboxylic acids is 2. The fourth-order valence-electron chi connectivity index (χ4n) is 3.66. The van der Waals surface area contributed by atoms with Crippen LogP contribution in [0.15, 0.2) is 36.4 Å². The molecule has 0 unspecified atom stereocenters. The molecule has 0 aromatic heterocycles. The summed E-state index contributed by atoms with van der Waals surface area (Å²) < 4.78 is 11.2. The highest BCUT2D eigenvalue weighted by Gasteiger charge is 2.29. The molecule has 0 saturated heterocycles. The van der Waals surface area contributed by atoms with E-state index >= 15 is 0 Å². The molecule has 0 bridgehead atoms. The highest BCUT2D eigenvalue weighted by atomic mass is 16.5. The second kappa shape index (κ2) is 12.3. The summed E-state index contributed by atoms with van der Waals surface area (Å²) in [7, 11) is 1.61. The van der Waals surface area contributed by atoms with Crippen LogP contribution in [0.1, 0.15) is 55.9 Å². The lowest BCUT2D eigenvalue weighted by Gasteiger charge is -2.31. The summed E-state index contributed by atoms with van der Waals surface area (Å²) in [5.74, 6) is 1.07. The van der Waals surface area contributed by atoms with Gasteiger partial charge in [-0.2, -0.15) is 0 Å². The van der Waals surface area contributed by atoms with E-state index in [9.17, 15) is 9.59 Å². The van der Waals surface area contributed by atoms with Crippen molar-refractivity contribution in [2.45, 2.75) is 73.0 Å². The van der Waals surface area contributed by atoms with E-state index in [1.807, 2.05) is 71.9 Å². The van der Waals surface area contributed by atoms with Crippen LogP contribution in [0.3, 0.4) is 0 Å². The van der Waals surface area contributed by atoms with Crippen LogP contribution in [0.4, 0.5) is 0 Å². The first-order valence-corrected chi connectivity index (χ1v) is 11.6. The minimum absolute atomic E-state index is 0.0404. The lowest BCUT2D eigenvalue weighted by Crippen LogP contribution is -2.51. The van der Waals surface area contributed by atoms with Crippen LogP contribution in [0.25, 0.3) is 0 Å². The summed E-state index contributed by atoms with van der Waals surface area (Å²) in [6.07, 6.45) is 1.33. The van der Waals surface area contributed by atoms with E-state index in [1.165, 1.54) is 0 Å². The zero-order valence-corrected chi connectivity index (χ0v) is 21.0. The zero-order chi connectivity index (χ0) is 24.5. The van der Waals surface area contributed by atoms with E-state index in [2.05, 4.69) is 11.4 Å². The first kappa shape index (κ1) is 26.2. The number of nitrogens with zero attached hydrogens (tertiary/aromatic N) is 1. The average Bonchev–Trinajstić information content (AvgIpc) is 2.80. The predicted octanol–water partition coefficient (Wildman–Crippen LogP) is 4.72. The lowest BCUT2D eigenvalue weighted by molar-refractivity contribution is -0.143. The summed E-state index contributed by atoms with van der Waals surface area (Å²) in [4.78, 5) is 28.0. The highest BCUT2D eigenvalue weighted by Crippen LogP contribution is 2.24. The molecule has 0 spiro atoms. The molecule has 6 nitrogen and oxygen atoms in total. The van der Waals surface area contributed by atoms with Crippen molar-refractivity contribution in [2.75, 3.05) is 13.7 Å². The quantitative estimate of drug-likeness (QED) is 0.533. The third kappa shape index (κ3) is 7.24. The molecule has 2 atom stereocenters. The standard InChI is InChI=1S/C27H38N2O4/c1-8-20(5)28-27(31)24(9-2)29(16-22-10-12-23(32-7)13-11-22)26(30)17-33-25-15-18(3)14-19(4)21(25)6/h10-15,20,24H,8-9,16-17H2,1-7H3,(H,28,31)/t20-,24+/m0/s1. The number of aryl methyl sites for hydroxylation is 2. The Labute approximate surface area is 198 Å². The summed E-state index contributed by atoms with van der Waals surface area (Å²) in [5, 5.41) is 3.02. The molecule has 0 aliphatic rings. The molecular formula is C27H38N2O4. The Morgan fingerprint density at radius 1 is 1.03 bits per heavy atom. The fraction of sp³-hybridized carbons (Fsp3) is 0.481. The normalized spacial score (nSPS) is 12.6. The van der Waals surface area contributed by atoms with Crippen LogP contribution in [-0.4, -0.2) is 42.5 Å². The average molecular weight is 455 g/mol. The molecule has 2 aromatic carbocycles. The number of ether oxygens (including phenoxy) is 2. The molecule has 0 radical (unpaired) electrons.